The fourth-order valence-electron chi connectivity index (χ4n) is 3.40. The number of benzene rings is 2. The normalized spacial score (nSPS) is 13.6. The molecule has 7 nitrogen and oxygen atoms in total. The average Bonchev–Trinajstić information content (AvgIpc) is 3.23. The fourth-order valence-corrected chi connectivity index (χ4v) is 3.40. The van der Waals surface area contributed by atoms with E-state index in [-0.39, 0.29) is 36.4 Å². The van der Waals surface area contributed by atoms with E-state index in [1.165, 1.54) is 29.9 Å². The summed E-state index contributed by atoms with van der Waals surface area (Å²) in [6.07, 6.45) is 1.36. The topological polar surface area (TPSA) is 80.1 Å². The van der Waals surface area contributed by atoms with Gasteiger partial charge in [0.1, 0.15) is 11.6 Å². The second kappa shape index (κ2) is 8.06. The van der Waals surface area contributed by atoms with E-state index in [1.807, 2.05) is 0 Å². The lowest BCUT2D eigenvalue weighted by Crippen LogP contribution is -2.46. The Kier molecular flexibility index (Phi) is 5.41. The van der Waals surface area contributed by atoms with Crippen LogP contribution in [-0.4, -0.2) is 38.3 Å². The highest BCUT2D eigenvalue weighted by Crippen LogP contribution is 2.34. The van der Waals surface area contributed by atoms with Crippen molar-refractivity contribution >= 4 is 17.5 Å². The van der Waals surface area contributed by atoms with Crippen molar-refractivity contribution in [2.45, 2.75) is 25.9 Å². The van der Waals surface area contributed by atoms with Crippen molar-refractivity contribution in [3.8, 4) is 0 Å². The summed E-state index contributed by atoms with van der Waals surface area (Å²) < 4.78 is 59.3. The van der Waals surface area contributed by atoms with Crippen LogP contribution in [0.15, 0.2) is 42.6 Å². The minimum atomic E-state index is -4.21. The standard InChI is InChI=1S/C21H17F4N5O2/c1-12-8-14(3-5-17(12)22)27-19(31)13-2-4-18(23)16(9-13)21(24,25)20(32)29-6-7-30-15(11-29)10-26-28-30/h2-5,8-10H,6-7,11H2,1H3,(H,27,31). The van der Waals surface area contributed by atoms with Crippen LogP contribution in [0.4, 0.5) is 23.2 Å². The zero-order valence-corrected chi connectivity index (χ0v) is 16.8. The van der Waals surface area contributed by atoms with Gasteiger partial charge in [-0.25, -0.2) is 13.5 Å². The Morgan fingerprint density at radius 3 is 2.56 bits per heavy atom. The predicted octanol–water partition coefficient (Wildman–Crippen LogP) is 3.25. The predicted molar refractivity (Wildman–Crippen MR) is 105 cm³/mol. The summed E-state index contributed by atoms with van der Waals surface area (Å²) in [7, 11) is 0. The van der Waals surface area contributed by atoms with Crippen LogP contribution in [0.1, 0.15) is 27.2 Å². The van der Waals surface area contributed by atoms with E-state index in [1.54, 1.807) is 0 Å². The summed E-state index contributed by atoms with van der Waals surface area (Å²) in [5.41, 5.74) is -0.498. The first kappa shape index (κ1) is 21.5. The summed E-state index contributed by atoms with van der Waals surface area (Å²) >= 11 is 0. The number of anilines is 1. The van der Waals surface area contributed by atoms with Crippen molar-refractivity contribution in [2.24, 2.45) is 0 Å². The molecule has 166 valence electrons. The number of halogens is 4. The molecule has 1 aliphatic heterocycles. The first-order chi connectivity index (χ1) is 15.2. The third-order valence-corrected chi connectivity index (χ3v) is 5.17. The van der Waals surface area contributed by atoms with Gasteiger partial charge >= 0.3 is 5.92 Å². The molecule has 2 heterocycles. The Morgan fingerprint density at radius 1 is 1.06 bits per heavy atom. The largest absolute Gasteiger partial charge is 0.352 e. The molecule has 1 aromatic heterocycles. The van der Waals surface area contributed by atoms with Crippen molar-refractivity contribution in [1.29, 1.82) is 0 Å². The number of nitrogens with zero attached hydrogens (tertiary/aromatic N) is 4. The molecule has 0 radical (unpaired) electrons. The van der Waals surface area contributed by atoms with Crippen molar-refractivity contribution in [1.82, 2.24) is 19.9 Å². The number of hydrogen-bond acceptors (Lipinski definition) is 4. The highest BCUT2D eigenvalue weighted by molar-refractivity contribution is 6.04. The SMILES string of the molecule is Cc1cc(NC(=O)c2ccc(F)c(C(F)(F)C(=O)N3CCn4nncc4C3)c2)ccc1F. The average molecular weight is 447 g/mol. The molecule has 0 aliphatic carbocycles. The Bertz CT molecular complexity index is 1210. The Morgan fingerprint density at radius 2 is 1.81 bits per heavy atom. The molecule has 0 saturated carbocycles. The summed E-state index contributed by atoms with van der Waals surface area (Å²) in [5.74, 6) is -8.39. The highest BCUT2D eigenvalue weighted by Gasteiger charge is 2.47. The van der Waals surface area contributed by atoms with Crippen molar-refractivity contribution < 1.29 is 27.2 Å². The quantitative estimate of drug-likeness (QED) is 0.623. The molecule has 0 saturated heterocycles. The van der Waals surface area contributed by atoms with Crippen molar-refractivity contribution in [3.63, 3.8) is 0 Å². The number of carbonyl (C=O) groups excluding carboxylic acids is 2. The molecule has 0 fully saturated rings. The molecule has 2 amide bonds. The molecule has 1 N–H and O–H groups in total. The second-order valence-corrected chi connectivity index (χ2v) is 7.36. The maximum absolute atomic E-state index is 15.0. The van der Waals surface area contributed by atoms with Gasteiger partial charge in [-0.3, -0.25) is 9.59 Å². The number of carbonyl (C=O) groups is 2. The van der Waals surface area contributed by atoms with Gasteiger partial charge in [-0.1, -0.05) is 5.21 Å². The first-order valence-electron chi connectivity index (χ1n) is 9.59. The number of nitrogens with one attached hydrogen (secondary N) is 1. The summed E-state index contributed by atoms with van der Waals surface area (Å²) in [6, 6.07) is 6.19. The molecular formula is C21H17F4N5O2. The number of amides is 2. The molecule has 3 aromatic rings. The minimum Gasteiger partial charge on any atom is -0.329 e. The summed E-state index contributed by atoms with van der Waals surface area (Å²) in [5, 5.41) is 9.89. The van der Waals surface area contributed by atoms with Crippen LogP contribution >= 0.6 is 0 Å². The van der Waals surface area contributed by atoms with Crippen LogP contribution in [0.3, 0.4) is 0 Å². The Hall–Kier alpha value is -3.76. The van der Waals surface area contributed by atoms with E-state index in [4.69, 9.17) is 0 Å². The zero-order valence-electron chi connectivity index (χ0n) is 16.8. The second-order valence-electron chi connectivity index (χ2n) is 7.36. The third-order valence-electron chi connectivity index (χ3n) is 5.17. The molecule has 0 unspecified atom stereocenters. The Balaban J connectivity index is 1.57. The maximum atomic E-state index is 15.0. The van der Waals surface area contributed by atoms with Gasteiger partial charge in [-0.2, -0.15) is 8.78 Å². The molecule has 4 rings (SSSR count). The van der Waals surface area contributed by atoms with E-state index in [9.17, 15) is 18.4 Å². The van der Waals surface area contributed by atoms with Crippen LogP contribution in [0, 0.1) is 18.6 Å². The van der Waals surface area contributed by atoms with E-state index < -0.39 is 34.9 Å². The lowest BCUT2D eigenvalue weighted by atomic mass is 10.0. The van der Waals surface area contributed by atoms with Gasteiger partial charge in [0.05, 0.1) is 30.5 Å². The maximum Gasteiger partial charge on any atom is 0.352 e. The van der Waals surface area contributed by atoms with Gasteiger partial charge in [0.15, 0.2) is 0 Å². The summed E-state index contributed by atoms with van der Waals surface area (Å²) in [4.78, 5) is 26.0. The molecular weight excluding hydrogens is 430 g/mol. The number of aryl methyl sites for hydroxylation is 1. The Labute approximate surface area is 179 Å². The minimum absolute atomic E-state index is 0.0451. The van der Waals surface area contributed by atoms with Gasteiger partial charge in [-0.05, 0) is 48.9 Å². The molecule has 0 bridgehead atoms. The van der Waals surface area contributed by atoms with Crippen molar-refractivity contribution in [3.05, 3.63) is 76.6 Å². The molecule has 11 heteroatoms. The number of hydrogen-bond donors (Lipinski definition) is 1. The third kappa shape index (κ3) is 3.93. The lowest BCUT2D eigenvalue weighted by molar-refractivity contribution is -0.161. The molecule has 2 aromatic carbocycles. The van der Waals surface area contributed by atoms with E-state index in [0.29, 0.717) is 17.8 Å². The smallest absolute Gasteiger partial charge is 0.329 e. The van der Waals surface area contributed by atoms with Crippen molar-refractivity contribution in [2.75, 3.05) is 11.9 Å². The summed E-state index contributed by atoms with van der Waals surface area (Å²) in [6.45, 7) is 1.49. The molecule has 32 heavy (non-hydrogen) atoms. The van der Waals surface area contributed by atoms with Crippen LogP contribution < -0.4 is 5.32 Å². The number of fused-ring (bicyclic) bond motifs is 1. The fraction of sp³-hybridized carbons (Fsp3) is 0.238. The number of alkyl halides is 2. The zero-order chi connectivity index (χ0) is 23.0. The first-order valence-corrected chi connectivity index (χ1v) is 9.59. The molecule has 0 spiro atoms. The van der Waals surface area contributed by atoms with E-state index in [0.717, 1.165) is 17.0 Å². The molecule has 1 aliphatic rings. The van der Waals surface area contributed by atoms with Crippen LogP contribution in [-0.2, 0) is 23.8 Å². The molecule has 0 atom stereocenters. The van der Waals surface area contributed by atoms with E-state index in [2.05, 4.69) is 15.6 Å². The number of aromatic nitrogens is 3. The van der Waals surface area contributed by atoms with Crippen LogP contribution in [0.25, 0.3) is 0 Å². The van der Waals surface area contributed by atoms with E-state index >= 15 is 8.78 Å². The highest BCUT2D eigenvalue weighted by atomic mass is 19.3. The monoisotopic (exact) mass is 447 g/mol. The van der Waals surface area contributed by atoms with Gasteiger partial charge in [0, 0.05) is 17.8 Å². The van der Waals surface area contributed by atoms with Crippen LogP contribution in [0.5, 0.6) is 0 Å². The van der Waals surface area contributed by atoms with Gasteiger partial charge < -0.3 is 10.2 Å². The number of rotatable bonds is 4. The van der Waals surface area contributed by atoms with Gasteiger partial charge in [0.25, 0.3) is 11.8 Å². The van der Waals surface area contributed by atoms with Gasteiger partial charge in [-0.15, -0.1) is 5.10 Å². The van der Waals surface area contributed by atoms with Crippen LogP contribution in [0.2, 0.25) is 0 Å². The van der Waals surface area contributed by atoms with Gasteiger partial charge in [0.2, 0.25) is 0 Å². The lowest BCUT2D eigenvalue weighted by Gasteiger charge is -2.30.